The predicted octanol–water partition coefficient (Wildman–Crippen LogP) is 0.127. The molecule has 1 fully saturated rings. The molecule has 1 heterocycles. The third kappa shape index (κ3) is 2.20. The van der Waals surface area contributed by atoms with Crippen molar-refractivity contribution in [3.8, 4) is 0 Å². The molecule has 0 aromatic rings. The Balaban J connectivity index is 2.71. The van der Waals surface area contributed by atoms with Crippen LogP contribution < -0.4 is 0 Å². The Bertz CT molecular complexity index is 293. The Labute approximate surface area is 71.8 Å². The molecule has 1 rings (SSSR count). The van der Waals surface area contributed by atoms with Crippen LogP contribution in [0.1, 0.15) is 20.3 Å². The Morgan fingerprint density at radius 1 is 1.50 bits per heavy atom. The first-order valence-corrected chi connectivity index (χ1v) is 5.55. The molecule has 4 nitrogen and oxygen atoms in total. The highest BCUT2D eigenvalue weighted by Crippen LogP contribution is 2.26. The number of carbonyl (C=O) groups excluding carboxylic acids is 1. The summed E-state index contributed by atoms with van der Waals surface area (Å²) in [6.45, 7) is 2.94. The zero-order valence-electron chi connectivity index (χ0n) is 7.16. The van der Waals surface area contributed by atoms with E-state index in [9.17, 15) is 13.2 Å². The lowest BCUT2D eigenvalue weighted by molar-refractivity contribution is -0.152. The summed E-state index contributed by atoms with van der Waals surface area (Å²) in [7, 11) is -2.98. The largest absolute Gasteiger partial charge is 0.458 e. The fourth-order valence-corrected chi connectivity index (χ4v) is 3.43. The van der Waals surface area contributed by atoms with Crippen LogP contribution in [0.5, 0.6) is 0 Å². The van der Waals surface area contributed by atoms with Gasteiger partial charge in [0.1, 0.15) is 5.60 Å². The zero-order chi connectivity index (χ0) is 9.41. The number of hydrogen-bond acceptors (Lipinski definition) is 4. The van der Waals surface area contributed by atoms with E-state index in [0.717, 1.165) is 0 Å². The summed E-state index contributed by atoms with van der Waals surface area (Å²) in [5.41, 5.74) is -0.787. The molecule has 0 N–H and O–H groups in total. The lowest BCUT2D eigenvalue weighted by atomic mass is 10.1. The Kier molecular flexibility index (Phi) is 2.16. The second-order valence-electron chi connectivity index (χ2n) is 3.39. The molecular weight excluding hydrogens is 180 g/mol. The van der Waals surface area contributed by atoms with Crippen LogP contribution in [0.3, 0.4) is 0 Å². The summed E-state index contributed by atoms with van der Waals surface area (Å²) in [6.07, 6.45) is 0.412. The molecule has 0 spiro atoms. The van der Waals surface area contributed by atoms with Crippen molar-refractivity contribution < 1.29 is 17.9 Å². The van der Waals surface area contributed by atoms with Gasteiger partial charge in [0.15, 0.2) is 9.84 Å². The third-order valence-electron chi connectivity index (χ3n) is 1.86. The lowest BCUT2D eigenvalue weighted by Gasteiger charge is -2.21. The van der Waals surface area contributed by atoms with E-state index in [1.807, 2.05) is 0 Å². The SMILES string of the molecule is CC(=O)O[C@@]1(C)CCS(=O)(=O)C1. The van der Waals surface area contributed by atoms with Crippen LogP contribution in [-0.2, 0) is 19.4 Å². The molecule has 5 heteroatoms. The van der Waals surface area contributed by atoms with Gasteiger partial charge in [-0.05, 0) is 6.92 Å². The van der Waals surface area contributed by atoms with Crippen LogP contribution in [0.2, 0.25) is 0 Å². The summed E-state index contributed by atoms with van der Waals surface area (Å²) < 4.78 is 27.0. The van der Waals surface area contributed by atoms with E-state index in [2.05, 4.69) is 0 Å². The average molecular weight is 192 g/mol. The molecule has 0 aliphatic carbocycles. The number of ether oxygens (including phenoxy) is 1. The minimum absolute atomic E-state index is 0.0421. The van der Waals surface area contributed by atoms with Crippen molar-refractivity contribution in [2.24, 2.45) is 0 Å². The van der Waals surface area contributed by atoms with Crippen LogP contribution >= 0.6 is 0 Å². The molecule has 1 aliphatic rings. The van der Waals surface area contributed by atoms with Crippen molar-refractivity contribution in [3.05, 3.63) is 0 Å². The number of rotatable bonds is 1. The van der Waals surface area contributed by atoms with Crippen LogP contribution in [0.15, 0.2) is 0 Å². The van der Waals surface area contributed by atoms with Crippen molar-refractivity contribution in [3.63, 3.8) is 0 Å². The van der Waals surface area contributed by atoms with E-state index >= 15 is 0 Å². The summed E-state index contributed by atoms with van der Waals surface area (Å²) in [5.74, 6) is -0.342. The maximum absolute atomic E-state index is 11.0. The monoisotopic (exact) mass is 192 g/mol. The van der Waals surface area contributed by atoms with E-state index in [0.29, 0.717) is 6.42 Å². The minimum atomic E-state index is -2.98. The molecule has 0 radical (unpaired) electrons. The Hall–Kier alpha value is -0.580. The normalized spacial score (nSPS) is 33.2. The highest BCUT2D eigenvalue weighted by atomic mass is 32.2. The molecule has 0 aromatic heterocycles. The highest BCUT2D eigenvalue weighted by Gasteiger charge is 2.40. The summed E-state index contributed by atoms with van der Waals surface area (Å²) in [4.78, 5) is 10.6. The topological polar surface area (TPSA) is 60.4 Å². The number of esters is 1. The Morgan fingerprint density at radius 2 is 2.08 bits per heavy atom. The smallest absolute Gasteiger partial charge is 0.303 e. The molecule has 1 saturated heterocycles. The molecule has 0 bridgehead atoms. The zero-order valence-corrected chi connectivity index (χ0v) is 7.98. The van der Waals surface area contributed by atoms with Crippen molar-refractivity contribution in [2.45, 2.75) is 25.9 Å². The number of hydrogen-bond donors (Lipinski definition) is 0. The first-order chi connectivity index (χ1) is 5.33. The van der Waals surface area contributed by atoms with E-state index in [1.54, 1.807) is 6.92 Å². The van der Waals surface area contributed by atoms with Gasteiger partial charge in [-0.1, -0.05) is 0 Å². The quantitative estimate of drug-likeness (QED) is 0.554. The van der Waals surface area contributed by atoms with Crippen molar-refractivity contribution in [2.75, 3.05) is 11.5 Å². The van der Waals surface area contributed by atoms with Gasteiger partial charge in [0.25, 0.3) is 0 Å². The van der Waals surface area contributed by atoms with Crippen molar-refractivity contribution in [1.29, 1.82) is 0 Å². The van der Waals surface area contributed by atoms with Gasteiger partial charge in [0.05, 0.1) is 11.5 Å². The molecular formula is C7H12O4S. The van der Waals surface area contributed by atoms with Crippen LogP contribution in [-0.4, -0.2) is 31.5 Å². The molecule has 12 heavy (non-hydrogen) atoms. The number of sulfone groups is 1. The van der Waals surface area contributed by atoms with Crippen molar-refractivity contribution >= 4 is 15.8 Å². The molecule has 0 amide bonds. The molecule has 0 aromatic carbocycles. The van der Waals surface area contributed by atoms with Crippen LogP contribution in [0.25, 0.3) is 0 Å². The second kappa shape index (κ2) is 2.73. The molecule has 1 aliphatic heterocycles. The fourth-order valence-electron chi connectivity index (χ4n) is 1.41. The highest BCUT2D eigenvalue weighted by molar-refractivity contribution is 7.91. The van der Waals surface area contributed by atoms with E-state index in [-0.39, 0.29) is 11.5 Å². The van der Waals surface area contributed by atoms with Gasteiger partial charge < -0.3 is 4.74 Å². The summed E-state index contributed by atoms with van der Waals surface area (Å²) >= 11 is 0. The van der Waals surface area contributed by atoms with Gasteiger partial charge in [-0.3, -0.25) is 4.79 Å². The number of carbonyl (C=O) groups is 1. The third-order valence-corrected chi connectivity index (χ3v) is 3.73. The van der Waals surface area contributed by atoms with Crippen LogP contribution in [0, 0.1) is 0 Å². The second-order valence-corrected chi connectivity index (χ2v) is 5.57. The van der Waals surface area contributed by atoms with Gasteiger partial charge in [-0.15, -0.1) is 0 Å². The van der Waals surface area contributed by atoms with E-state index in [4.69, 9.17) is 4.74 Å². The standard InChI is InChI=1S/C7H12O4S/c1-6(8)11-7(2)3-4-12(9,10)5-7/h3-5H2,1-2H3/t7-/m0/s1. The van der Waals surface area contributed by atoms with Gasteiger partial charge in [0.2, 0.25) is 0 Å². The van der Waals surface area contributed by atoms with Gasteiger partial charge in [0, 0.05) is 13.3 Å². The average Bonchev–Trinajstić information content (AvgIpc) is 2.03. The van der Waals surface area contributed by atoms with E-state index < -0.39 is 21.4 Å². The summed E-state index contributed by atoms with van der Waals surface area (Å²) in [6, 6.07) is 0. The maximum atomic E-state index is 11.0. The van der Waals surface area contributed by atoms with E-state index in [1.165, 1.54) is 6.92 Å². The first kappa shape index (κ1) is 9.51. The summed E-state index contributed by atoms with van der Waals surface area (Å²) in [5, 5.41) is 0. The Morgan fingerprint density at radius 3 is 2.42 bits per heavy atom. The molecule has 1 atom stereocenters. The minimum Gasteiger partial charge on any atom is -0.458 e. The lowest BCUT2D eigenvalue weighted by Crippen LogP contribution is -2.31. The van der Waals surface area contributed by atoms with Crippen LogP contribution in [0.4, 0.5) is 0 Å². The maximum Gasteiger partial charge on any atom is 0.303 e. The molecule has 70 valence electrons. The van der Waals surface area contributed by atoms with Crippen molar-refractivity contribution in [1.82, 2.24) is 0 Å². The molecule has 0 unspecified atom stereocenters. The first-order valence-electron chi connectivity index (χ1n) is 3.73. The van der Waals surface area contributed by atoms with Gasteiger partial charge in [-0.25, -0.2) is 8.42 Å². The predicted molar refractivity (Wildman–Crippen MR) is 43.4 cm³/mol. The molecule has 0 saturated carbocycles. The fraction of sp³-hybridized carbons (Fsp3) is 0.857. The van der Waals surface area contributed by atoms with Gasteiger partial charge in [-0.2, -0.15) is 0 Å². The van der Waals surface area contributed by atoms with Gasteiger partial charge >= 0.3 is 5.97 Å².